The number of Topliss-reactive ketones (excluding diaryl/α,β-unsaturated/α-hetero) is 1. The van der Waals surface area contributed by atoms with Gasteiger partial charge in [-0.1, -0.05) is 24.3 Å². The number of rotatable bonds is 6. The van der Waals surface area contributed by atoms with Crippen LogP contribution in [0.4, 0.5) is 18.9 Å². The van der Waals surface area contributed by atoms with E-state index in [2.05, 4.69) is 10.3 Å². The van der Waals surface area contributed by atoms with Gasteiger partial charge >= 0.3 is 6.18 Å². The first-order chi connectivity index (χ1) is 14.6. The van der Waals surface area contributed by atoms with E-state index < -0.39 is 17.6 Å². The molecule has 1 aromatic heterocycles. The lowest BCUT2D eigenvalue weighted by atomic mass is 10.1. The van der Waals surface area contributed by atoms with Gasteiger partial charge in [0.25, 0.3) is 5.91 Å². The molecule has 0 saturated heterocycles. The maximum Gasteiger partial charge on any atom is 0.416 e. The largest absolute Gasteiger partial charge is 0.484 e. The van der Waals surface area contributed by atoms with Gasteiger partial charge in [-0.3, -0.25) is 14.6 Å². The molecule has 160 valence electrons. The third kappa shape index (κ3) is 5.69. The Bertz CT molecular complexity index is 1080. The van der Waals surface area contributed by atoms with Crippen LogP contribution in [0.2, 0.25) is 0 Å². The number of benzene rings is 2. The molecule has 1 N–H and O–H groups in total. The molecule has 0 aliphatic rings. The van der Waals surface area contributed by atoms with E-state index in [0.29, 0.717) is 11.3 Å². The topological polar surface area (TPSA) is 68.3 Å². The number of ketones is 1. The summed E-state index contributed by atoms with van der Waals surface area (Å²) in [7, 11) is 0. The lowest BCUT2D eigenvalue weighted by molar-refractivity contribution is -0.137. The minimum absolute atomic E-state index is 0.0314. The van der Waals surface area contributed by atoms with Crippen molar-refractivity contribution in [2.24, 2.45) is 0 Å². The highest BCUT2D eigenvalue weighted by molar-refractivity contribution is 6.04. The third-order valence-corrected chi connectivity index (χ3v) is 4.54. The Labute approximate surface area is 176 Å². The van der Waals surface area contributed by atoms with Gasteiger partial charge < -0.3 is 10.1 Å². The summed E-state index contributed by atoms with van der Waals surface area (Å²) in [5.74, 6) is -0.213. The molecule has 2 aromatic carbocycles. The van der Waals surface area contributed by atoms with Crippen LogP contribution in [-0.4, -0.2) is 16.7 Å². The maximum absolute atomic E-state index is 12.6. The Hall–Kier alpha value is -3.68. The quantitative estimate of drug-likeness (QED) is 0.512. The highest BCUT2D eigenvalue weighted by atomic mass is 19.4. The zero-order chi connectivity index (χ0) is 22.6. The van der Waals surface area contributed by atoms with E-state index in [1.165, 1.54) is 37.5 Å². The SMILES string of the molecule is CC(=O)c1ccc(C(C)Oc2cncc(C(=O)Nc3ccc(C(F)(F)F)cc3)c2)cc1. The number of ether oxygens (including phenoxy) is 1. The highest BCUT2D eigenvalue weighted by Crippen LogP contribution is 2.30. The molecular weight excluding hydrogens is 409 g/mol. The van der Waals surface area contributed by atoms with E-state index in [1.807, 2.05) is 6.92 Å². The molecule has 0 radical (unpaired) electrons. The van der Waals surface area contributed by atoms with Crippen LogP contribution < -0.4 is 10.1 Å². The molecule has 0 spiro atoms. The minimum Gasteiger partial charge on any atom is -0.484 e. The van der Waals surface area contributed by atoms with Crippen LogP contribution in [0.3, 0.4) is 0 Å². The van der Waals surface area contributed by atoms with Crippen LogP contribution in [0.25, 0.3) is 0 Å². The van der Waals surface area contributed by atoms with Crippen LogP contribution in [0.5, 0.6) is 5.75 Å². The van der Waals surface area contributed by atoms with Crippen molar-refractivity contribution >= 4 is 17.4 Å². The molecule has 0 fully saturated rings. The second-order valence-corrected chi connectivity index (χ2v) is 6.88. The number of aromatic nitrogens is 1. The van der Waals surface area contributed by atoms with Gasteiger partial charge in [-0.2, -0.15) is 13.2 Å². The van der Waals surface area contributed by atoms with E-state index in [1.54, 1.807) is 24.3 Å². The number of anilines is 1. The standard InChI is InChI=1S/C23H19F3N2O3/c1-14(29)16-3-5-17(6-4-16)15(2)31-21-11-18(12-27-13-21)22(30)28-20-9-7-19(8-10-20)23(24,25)26/h3-13,15H,1-2H3,(H,28,30). The first-order valence-corrected chi connectivity index (χ1v) is 9.34. The Balaban J connectivity index is 1.67. The molecule has 3 rings (SSSR count). The second kappa shape index (κ2) is 8.99. The normalized spacial score (nSPS) is 12.2. The number of pyridine rings is 1. The van der Waals surface area contributed by atoms with Crippen molar-refractivity contribution in [3.8, 4) is 5.75 Å². The smallest absolute Gasteiger partial charge is 0.416 e. The Morgan fingerprint density at radius 3 is 2.19 bits per heavy atom. The molecule has 0 aliphatic heterocycles. The van der Waals surface area contributed by atoms with Crippen molar-refractivity contribution in [2.75, 3.05) is 5.32 Å². The Kier molecular flexibility index (Phi) is 6.39. The summed E-state index contributed by atoms with van der Waals surface area (Å²) in [6.07, 6.45) is -2.02. The van der Waals surface area contributed by atoms with Gasteiger partial charge in [0.15, 0.2) is 5.78 Å². The highest BCUT2D eigenvalue weighted by Gasteiger charge is 2.30. The lowest BCUT2D eigenvalue weighted by Crippen LogP contribution is -2.13. The first kappa shape index (κ1) is 22.0. The molecule has 1 atom stereocenters. The number of nitrogens with zero attached hydrogens (tertiary/aromatic N) is 1. The molecule has 8 heteroatoms. The number of hydrogen-bond acceptors (Lipinski definition) is 4. The molecule has 5 nitrogen and oxygen atoms in total. The molecule has 0 saturated carbocycles. The Morgan fingerprint density at radius 2 is 1.61 bits per heavy atom. The van der Waals surface area contributed by atoms with Gasteiger partial charge in [0.2, 0.25) is 0 Å². The first-order valence-electron chi connectivity index (χ1n) is 9.34. The fourth-order valence-corrected chi connectivity index (χ4v) is 2.81. The molecule has 1 unspecified atom stereocenters. The monoisotopic (exact) mass is 428 g/mol. The zero-order valence-corrected chi connectivity index (χ0v) is 16.7. The molecule has 3 aromatic rings. The van der Waals surface area contributed by atoms with Gasteiger partial charge in [-0.25, -0.2) is 0 Å². The average molecular weight is 428 g/mol. The van der Waals surface area contributed by atoms with E-state index >= 15 is 0 Å². The van der Waals surface area contributed by atoms with E-state index in [4.69, 9.17) is 4.74 Å². The van der Waals surface area contributed by atoms with Crippen molar-refractivity contribution in [3.63, 3.8) is 0 Å². The van der Waals surface area contributed by atoms with E-state index in [-0.39, 0.29) is 23.1 Å². The number of amides is 1. The van der Waals surface area contributed by atoms with E-state index in [0.717, 1.165) is 17.7 Å². The number of alkyl halides is 3. The fraction of sp³-hybridized carbons (Fsp3) is 0.174. The van der Waals surface area contributed by atoms with Gasteiger partial charge in [0.05, 0.1) is 17.3 Å². The van der Waals surface area contributed by atoms with Crippen LogP contribution in [0.1, 0.15) is 51.8 Å². The third-order valence-electron chi connectivity index (χ3n) is 4.54. The van der Waals surface area contributed by atoms with Crippen molar-refractivity contribution < 1.29 is 27.5 Å². The molecule has 0 aliphatic carbocycles. The van der Waals surface area contributed by atoms with E-state index in [9.17, 15) is 22.8 Å². The van der Waals surface area contributed by atoms with Gasteiger partial charge in [-0.15, -0.1) is 0 Å². The van der Waals surface area contributed by atoms with Gasteiger partial charge in [-0.05, 0) is 49.7 Å². The summed E-state index contributed by atoms with van der Waals surface area (Å²) in [6.45, 7) is 3.31. The summed E-state index contributed by atoms with van der Waals surface area (Å²) in [5.41, 5.74) is 1.05. The number of nitrogens with one attached hydrogen (secondary N) is 1. The van der Waals surface area contributed by atoms with Crippen LogP contribution in [0.15, 0.2) is 67.0 Å². The van der Waals surface area contributed by atoms with Crippen molar-refractivity contribution in [1.82, 2.24) is 4.98 Å². The fourth-order valence-electron chi connectivity index (χ4n) is 2.81. The van der Waals surface area contributed by atoms with Crippen molar-refractivity contribution in [2.45, 2.75) is 26.1 Å². The van der Waals surface area contributed by atoms with Gasteiger partial charge in [0, 0.05) is 17.4 Å². The summed E-state index contributed by atoms with van der Waals surface area (Å²) in [4.78, 5) is 27.8. The lowest BCUT2D eigenvalue weighted by Gasteiger charge is -2.16. The Morgan fingerprint density at radius 1 is 0.968 bits per heavy atom. The average Bonchev–Trinajstić information content (AvgIpc) is 2.73. The number of halogens is 3. The molecular formula is C23H19F3N2O3. The number of carbonyl (C=O) groups is 2. The van der Waals surface area contributed by atoms with Crippen LogP contribution in [-0.2, 0) is 6.18 Å². The summed E-state index contributed by atoms with van der Waals surface area (Å²) in [6, 6.07) is 12.6. The minimum atomic E-state index is -4.44. The molecule has 0 bridgehead atoms. The predicted octanol–water partition coefficient (Wildman–Crippen LogP) is 5.70. The maximum atomic E-state index is 12.6. The second-order valence-electron chi connectivity index (χ2n) is 6.88. The molecule has 31 heavy (non-hydrogen) atoms. The predicted molar refractivity (Wildman–Crippen MR) is 109 cm³/mol. The summed E-state index contributed by atoms with van der Waals surface area (Å²) in [5, 5.41) is 2.53. The summed E-state index contributed by atoms with van der Waals surface area (Å²) < 4.78 is 43.8. The zero-order valence-electron chi connectivity index (χ0n) is 16.7. The van der Waals surface area contributed by atoms with Gasteiger partial charge in [0.1, 0.15) is 11.9 Å². The number of hydrogen-bond donors (Lipinski definition) is 1. The van der Waals surface area contributed by atoms with Crippen molar-refractivity contribution in [3.05, 3.63) is 89.2 Å². The van der Waals surface area contributed by atoms with Crippen LogP contribution in [0, 0.1) is 0 Å². The summed E-state index contributed by atoms with van der Waals surface area (Å²) >= 11 is 0. The molecule has 1 amide bonds. The molecule has 1 heterocycles. The number of carbonyl (C=O) groups excluding carboxylic acids is 2. The van der Waals surface area contributed by atoms with Crippen LogP contribution >= 0.6 is 0 Å². The van der Waals surface area contributed by atoms with Crippen molar-refractivity contribution in [1.29, 1.82) is 0 Å².